The maximum atomic E-state index is 12.9. The molecule has 1 N–H and O–H groups in total. The average Bonchev–Trinajstić information content (AvgIpc) is 2.79. The fraction of sp³-hybridized carbons (Fsp3) is 0.214. The van der Waals surface area contributed by atoms with Gasteiger partial charge in [-0.15, -0.1) is 0 Å². The van der Waals surface area contributed by atoms with Crippen LogP contribution in [-0.4, -0.2) is 10.1 Å². The molecule has 0 saturated heterocycles. The zero-order valence-electron chi connectivity index (χ0n) is 9.85. The quantitative estimate of drug-likeness (QED) is 0.840. The number of aromatic hydroxyl groups is 1. The normalized spacial score (nSPS) is 17.8. The van der Waals surface area contributed by atoms with Crippen LogP contribution in [0.1, 0.15) is 28.5 Å². The van der Waals surface area contributed by atoms with Gasteiger partial charge >= 0.3 is 0 Å². The van der Waals surface area contributed by atoms with Crippen LogP contribution in [0.4, 0.5) is 4.39 Å². The number of benzene rings is 1. The van der Waals surface area contributed by atoms with Crippen molar-refractivity contribution in [1.29, 1.82) is 0 Å². The summed E-state index contributed by atoms with van der Waals surface area (Å²) in [7, 11) is 0. The lowest BCUT2D eigenvalue weighted by Crippen LogP contribution is -1.99. The highest BCUT2D eigenvalue weighted by Crippen LogP contribution is 2.40. The van der Waals surface area contributed by atoms with E-state index in [4.69, 9.17) is 4.74 Å². The number of nitrogens with zero attached hydrogens (tertiary/aromatic N) is 1. The van der Waals surface area contributed by atoms with Gasteiger partial charge in [0.05, 0.1) is 12.3 Å². The van der Waals surface area contributed by atoms with Gasteiger partial charge in [-0.3, -0.25) is 4.98 Å². The third-order valence-electron chi connectivity index (χ3n) is 3.22. The highest BCUT2D eigenvalue weighted by molar-refractivity contribution is 5.46. The summed E-state index contributed by atoms with van der Waals surface area (Å²) < 4.78 is 18.6. The molecule has 4 heteroatoms. The molecule has 1 atom stereocenters. The lowest BCUT2D eigenvalue weighted by Gasteiger charge is -2.11. The third-order valence-corrected chi connectivity index (χ3v) is 3.22. The fourth-order valence-electron chi connectivity index (χ4n) is 2.21. The van der Waals surface area contributed by atoms with E-state index < -0.39 is 0 Å². The summed E-state index contributed by atoms with van der Waals surface area (Å²) in [5.41, 5.74) is 3.08. The Morgan fingerprint density at radius 1 is 1.33 bits per heavy atom. The number of fused-ring (bicyclic) bond motifs is 1. The minimum absolute atomic E-state index is 0.192. The monoisotopic (exact) mass is 245 g/mol. The summed E-state index contributed by atoms with van der Waals surface area (Å²) in [6.07, 6.45) is 1.44. The molecule has 1 aliphatic rings. The molecule has 1 unspecified atom stereocenters. The van der Waals surface area contributed by atoms with Gasteiger partial charge in [-0.1, -0.05) is 12.1 Å². The van der Waals surface area contributed by atoms with Crippen LogP contribution in [0.5, 0.6) is 5.75 Å². The number of halogens is 1. The van der Waals surface area contributed by atoms with Crippen LogP contribution >= 0.6 is 0 Å². The Morgan fingerprint density at radius 2 is 2.06 bits per heavy atom. The van der Waals surface area contributed by atoms with Gasteiger partial charge in [0, 0.05) is 17.3 Å². The van der Waals surface area contributed by atoms with Crippen LogP contribution in [0.15, 0.2) is 30.5 Å². The summed E-state index contributed by atoms with van der Waals surface area (Å²) in [4.78, 5) is 4.14. The van der Waals surface area contributed by atoms with Gasteiger partial charge < -0.3 is 9.84 Å². The zero-order chi connectivity index (χ0) is 12.7. The predicted octanol–water partition coefficient (Wildman–Crippen LogP) is 2.85. The predicted molar refractivity (Wildman–Crippen MR) is 63.7 cm³/mol. The van der Waals surface area contributed by atoms with E-state index in [1.807, 2.05) is 0 Å². The van der Waals surface area contributed by atoms with Crippen molar-refractivity contribution in [3.8, 4) is 5.75 Å². The standard InChI is InChI=1S/C14H12FNO2/c1-8-13(17)12-7-18-14(11(12)6-16-8)9-2-4-10(15)5-3-9/h2-6,14,17H,7H2,1H3. The molecule has 0 fully saturated rings. The van der Waals surface area contributed by atoms with Gasteiger partial charge in [-0.2, -0.15) is 0 Å². The summed E-state index contributed by atoms with van der Waals surface area (Å²) in [6, 6.07) is 6.17. The minimum atomic E-state index is -0.278. The highest BCUT2D eigenvalue weighted by atomic mass is 19.1. The second-order valence-electron chi connectivity index (χ2n) is 4.37. The first-order valence-corrected chi connectivity index (χ1v) is 5.71. The van der Waals surface area contributed by atoms with E-state index in [2.05, 4.69) is 4.98 Å². The Morgan fingerprint density at radius 3 is 2.78 bits per heavy atom. The molecular formula is C14H12FNO2. The molecule has 1 aromatic carbocycles. The van der Waals surface area contributed by atoms with Gasteiger partial charge in [-0.25, -0.2) is 4.39 Å². The smallest absolute Gasteiger partial charge is 0.142 e. The summed E-state index contributed by atoms with van der Waals surface area (Å²) in [5.74, 6) is -0.0843. The van der Waals surface area contributed by atoms with Gasteiger partial charge in [0.1, 0.15) is 17.7 Å². The molecule has 0 saturated carbocycles. The average molecular weight is 245 g/mol. The lowest BCUT2D eigenvalue weighted by molar-refractivity contribution is 0.0932. The number of hydrogen-bond acceptors (Lipinski definition) is 3. The van der Waals surface area contributed by atoms with Crippen molar-refractivity contribution >= 4 is 0 Å². The molecule has 1 aliphatic heterocycles. The Labute approximate surface area is 104 Å². The minimum Gasteiger partial charge on any atom is -0.506 e. The van der Waals surface area contributed by atoms with E-state index in [1.54, 1.807) is 25.3 Å². The van der Waals surface area contributed by atoms with Gasteiger partial charge in [-0.05, 0) is 24.6 Å². The topological polar surface area (TPSA) is 42.4 Å². The first-order chi connectivity index (χ1) is 8.66. The fourth-order valence-corrected chi connectivity index (χ4v) is 2.21. The summed E-state index contributed by atoms with van der Waals surface area (Å²) in [6.45, 7) is 2.10. The third kappa shape index (κ3) is 1.66. The van der Waals surface area contributed by atoms with Crippen molar-refractivity contribution in [2.75, 3.05) is 0 Å². The Kier molecular flexibility index (Phi) is 2.52. The van der Waals surface area contributed by atoms with Crippen LogP contribution < -0.4 is 0 Å². The van der Waals surface area contributed by atoms with E-state index in [-0.39, 0.29) is 17.7 Å². The summed E-state index contributed by atoms with van der Waals surface area (Å²) >= 11 is 0. The largest absolute Gasteiger partial charge is 0.506 e. The molecule has 3 nitrogen and oxygen atoms in total. The zero-order valence-corrected chi connectivity index (χ0v) is 9.85. The number of aromatic nitrogens is 1. The van der Waals surface area contributed by atoms with Crippen molar-refractivity contribution < 1.29 is 14.2 Å². The molecule has 92 valence electrons. The lowest BCUT2D eigenvalue weighted by atomic mass is 10.0. The van der Waals surface area contributed by atoms with Gasteiger partial charge in [0.25, 0.3) is 0 Å². The molecule has 18 heavy (non-hydrogen) atoms. The maximum absolute atomic E-state index is 12.9. The first-order valence-electron chi connectivity index (χ1n) is 5.71. The number of hydrogen-bond donors (Lipinski definition) is 1. The van der Waals surface area contributed by atoms with Crippen molar-refractivity contribution in [3.05, 3.63) is 58.7 Å². The number of pyridine rings is 1. The molecule has 0 radical (unpaired) electrons. The van der Waals surface area contributed by atoms with Crippen LogP contribution in [0.25, 0.3) is 0 Å². The molecular weight excluding hydrogens is 233 g/mol. The van der Waals surface area contributed by atoms with E-state index in [9.17, 15) is 9.50 Å². The molecule has 2 aromatic rings. The molecule has 2 heterocycles. The molecule has 1 aromatic heterocycles. The van der Waals surface area contributed by atoms with E-state index in [0.29, 0.717) is 12.3 Å². The second kappa shape index (κ2) is 4.07. The maximum Gasteiger partial charge on any atom is 0.142 e. The van der Waals surface area contributed by atoms with Gasteiger partial charge in [0.2, 0.25) is 0 Å². The van der Waals surface area contributed by atoms with Crippen molar-refractivity contribution in [2.45, 2.75) is 19.6 Å². The van der Waals surface area contributed by atoms with E-state index in [0.717, 1.165) is 16.7 Å². The number of ether oxygens (including phenoxy) is 1. The van der Waals surface area contributed by atoms with Gasteiger partial charge in [0.15, 0.2) is 0 Å². The Bertz CT molecular complexity index is 595. The number of aryl methyl sites for hydroxylation is 1. The Balaban J connectivity index is 2.05. The van der Waals surface area contributed by atoms with Crippen molar-refractivity contribution in [1.82, 2.24) is 4.98 Å². The molecule has 0 bridgehead atoms. The van der Waals surface area contributed by atoms with E-state index >= 15 is 0 Å². The highest BCUT2D eigenvalue weighted by Gasteiger charge is 2.28. The second-order valence-corrected chi connectivity index (χ2v) is 4.37. The molecule has 0 aliphatic carbocycles. The number of rotatable bonds is 1. The van der Waals surface area contributed by atoms with Crippen molar-refractivity contribution in [2.24, 2.45) is 0 Å². The van der Waals surface area contributed by atoms with Crippen LogP contribution in [0.2, 0.25) is 0 Å². The molecule has 3 rings (SSSR count). The summed E-state index contributed by atoms with van der Waals surface area (Å²) in [5, 5.41) is 9.92. The SMILES string of the molecule is Cc1ncc2c(c1O)COC2c1ccc(F)cc1. The van der Waals surface area contributed by atoms with Crippen LogP contribution in [-0.2, 0) is 11.3 Å². The van der Waals surface area contributed by atoms with Crippen molar-refractivity contribution in [3.63, 3.8) is 0 Å². The van der Waals surface area contributed by atoms with Crippen LogP contribution in [0, 0.1) is 12.7 Å². The Hall–Kier alpha value is -1.94. The van der Waals surface area contributed by atoms with Crippen LogP contribution in [0.3, 0.4) is 0 Å². The molecule has 0 amide bonds. The molecule has 0 spiro atoms. The first kappa shape index (κ1) is 11.2. The van der Waals surface area contributed by atoms with E-state index in [1.165, 1.54) is 12.1 Å².